The molecule has 7 heteroatoms. The van der Waals surface area contributed by atoms with Gasteiger partial charge >= 0.3 is 0 Å². The predicted molar refractivity (Wildman–Crippen MR) is 82.7 cm³/mol. The van der Waals surface area contributed by atoms with Gasteiger partial charge in [0.05, 0.1) is 0 Å². The van der Waals surface area contributed by atoms with Crippen LogP contribution in [0.4, 0.5) is 0 Å². The molecule has 3 rings (SSSR count). The third-order valence-corrected chi connectivity index (χ3v) is 4.39. The van der Waals surface area contributed by atoms with Crippen LogP contribution in [0, 0.1) is 5.92 Å². The summed E-state index contributed by atoms with van der Waals surface area (Å²) in [6.45, 7) is 1.06. The van der Waals surface area contributed by atoms with Gasteiger partial charge in [-0.15, -0.1) is 0 Å². The minimum atomic E-state index is -0.629. The Hall–Kier alpha value is -2.41. The van der Waals surface area contributed by atoms with Gasteiger partial charge in [-0.05, 0) is 30.9 Å². The fourth-order valence-corrected chi connectivity index (χ4v) is 3.00. The van der Waals surface area contributed by atoms with E-state index in [1.54, 1.807) is 23.4 Å². The fourth-order valence-electron chi connectivity index (χ4n) is 3.00. The lowest BCUT2D eigenvalue weighted by Crippen LogP contribution is -2.40. The van der Waals surface area contributed by atoms with Crippen LogP contribution in [0.2, 0.25) is 0 Å². The van der Waals surface area contributed by atoms with Crippen molar-refractivity contribution in [2.75, 3.05) is 13.1 Å². The fraction of sp³-hybridized carbons (Fsp3) is 0.438. The van der Waals surface area contributed by atoms with Gasteiger partial charge in [0.2, 0.25) is 0 Å². The summed E-state index contributed by atoms with van der Waals surface area (Å²) in [6.07, 6.45) is 5.71. The van der Waals surface area contributed by atoms with Crippen LogP contribution < -0.4 is 0 Å². The highest BCUT2D eigenvalue weighted by Crippen LogP contribution is 2.30. The molecule has 2 aromatic heterocycles. The molecule has 122 valence electrons. The Bertz CT molecular complexity index is 692. The Morgan fingerprint density at radius 3 is 2.65 bits per heavy atom. The molecule has 1 aliphatic heterocycles. The van der Waals surface area contributed by atoms with E-state index in [0.29, 0.717) is 31.8 Å². The molecule has 1 fully saturated rings. The average Bonchev–Trinajstić information content (AvgIpc) is 3.00. The maximum absolute atomic E-state index is 12.4. The van der Waals surface area contributed by atoms with Gasteiger partial charge in [0.15, 0.2) is 5.69 Å². The lowest BCUT2D eigenvalue weighted by atomic mass is 9.90. The van der Waals surface area contributed by atoms with Crippen molar-refractivity contribution in [1.29, 1.82) is 0 Å². The van der Waals surface area contributed by atoms with Crippen molar-refractivity contribution in [1.82, 2.24) is 19.4 Å². The number of aryl methyl sites for hydroxylation is 1. The van der Waals surface area contributed by atoms with Crippen LogP contribution in [0.5, 0.6) is 5.75 Å². The monoisotopic (exact) mass is 316 g/mol. The molecule has 2 aromatic rings. The number of aliphatic hydroxyl groups excluding tert-OH is 1. The number of carbonyl (C=O) groups excluding carboxylic acids is 1. The summed E-state index contributed by atoms with van der Waals surface area (Å²) in [7, 11) is 1.86. The van der Waals surface area contributed by atoms with Crippen molar-refractivity contribution in [3.8, 4) is 5.75 Å². The van der Waals surface area contributed by atoms with Gasteiger partial charge in [0.25, 0.3) is 5.91 Å². The number of likely N-dealkylation sites (tertiary alicyclic amines) is 1. The Morgan fingerprint density at radius 1 is 1.30 bits per heavy atom. The number of piperidine rings is 1. The molecule has 0 radical (unpaired) electrons. The largest absolute Gasteiger partial charge is 0.505 e. The first kappa shape index (κ1) is 15.5. The van der Waals surface area contributed by atoms with Gasteiger partial charge in [-0.3, -0.25) is 4.79 Å². The number of aromatic hydroxyl groups is 1. The van der Waals surface area contributed by atoms with Crippen molar-refractivity contribution in [3.05, 3.63) is 42.2 Å². The number of aliphatic hydroxyl groups is 1. The molecular weight excluding hydrogens is 296 g/mol. The Morgan fingerprint density at radius 2 is 2.04 bits per heavy atom. The van der Waals surface area contributed by atoms with E-state index in [4.69, 9.17) is 0 Å². The third kappa shape index (κ3) is 3.05. The van der Waals surface area contributed by atoms with Crippen LogP contribution in [0.15, 0.2) is 30.7 Å². The van der Waals surface area contributed by atoms with Gasteiger partial charge < -0.3 is 19.7 Å². The number of amides is 1. The highest BCUT2D eigenvalue weighted by molar-refractivity contribution is 5.94. The number of imidazole rings is 1. The molecule has 1 unspecified atom stereocenters. The van der Waals surface area contributed by atoms with E-state index < -0.39 is 6.10 Å². The van der Waals surface area contributed by atoms with Crippen LogP contribution in [-0.2, 0) is 7.05 Å². The van der Waals surface area contributed by atoms with E-state index >= 15 is 0 Å². The standard InChI is InChI=1S/C16H20N4O3/c1-19-10-7-18-15(19)14(22)11-4-8-20(9-5-11)16(23)13-12(21)3-2-6-17-13/h2-3,6-7,10-11,14,21-22H,4-5,8-9H2,1H3. The van der Waals surface area contributed by atoms with Crippen LogP contribution in [0.1, 0.15) is 35.3 Å². The highest BCUT2D eigenvalue weighted by atomic mass is 16.3. The summed E-state index contributed by atoms with van der Waals surface area (Å²) >= 11 is 0. The van der Waals surface area contributed by atoms with Gasteiger partial charge in [-0.2, -0.15) is 0 Å². The summed E-state index contributed by atoms with van der Waals surface area (Å²) < 4.78 is 1.81. The lowest BCUT2D eigenvalue weighted by Gasteiger charge is -2.33. The molecule has 0 saturated carbocycles. The molecule has 0 bridgehead atoms. The van der Waals surface area contributed by atoms with Crippen LogP contribution >= 0.6 is 0 Å². The Kier molecular flexibility index (Phi) is 4.29. The zero-order valence-electron chi connectivity index (χ0n) is 13.0. The zero-order chi connectivity index (χ0) is 16.4. The SMILES string of the molecule is Cn1ccnc1C(O)C1CCN(C(=O)c2ncccc2O)CC1. The summed E-state index contributed by atoms with van der Waals surface area (Å²) in [4.78, 5) is 22.2. The van der Waals surface area contributed by atoms with E-state index in [-0.39, 0.29) is 23.3 Å². The Labute approximate surface area is 134 Å². The van der Waals surface area contributed by atoms with Gasteiger partial charge in [-0.1, -0.05) is 0 Å². The van der Waals surface area contributed by atoms with Crippen molar-refractivity contribution >= 4 is 5.91 Å². The van der Waals surface area contributed by atoms with Crippen molar-refractivity contribution < 1.29 is 15.0 Å². The zero-order valence-corrected chi connectivity index (χ0v) is 13.0. The lowest BCUT2D eigenvalue weighted by molar-refractivity contribution is 0.0415. The average molecular weight is 316 g/mol. The first-order chi connectivity index (χ1) is 11.1. The molecule has 3 heterocycles. The molecule has 1 aliphatic rings. The smallest absolute Gasteiger partial charge is 0.276 e. The number of aromatic nitrogens is 3. The quantitative estimate of drug-likeness (QED) is 0.885. The van der Waals surface area contributed by atoms with Gasteiger partial charge in [0.1, 0.15) is 17.7 Å². The van der Waals surface area contributed by atoms with Gasteiger partial charge in [-0.25, -0.2) is 9.97 Å². The molecule has 1 amide bonds. The minimum absolute atomic E-state index is 0.0671. The normalized spacial score (nSPS) is 17.2. The summed E-state index contributed by atoms with van der Waals surface area (Å²) in [5.41, 5.74) is 0.0793. The maximum Gasteiger partial charge on any atom is 0.276 e. The van der Waals surface area contributed by atoms with Crippen molar-refractivity contribution in [2.24, 2.45) is 13.0 Å². The summed E-state index contributed by atoms with van der Waals surface area (Å²) in [6, 6.07) is 3.04. The van der Waals surface area contributed by atoms with E-state index in [9.17, 15) is 15.0 Å². The highest BCUT2D eigenvalue weighted by Gasteiger charge is 2.31. The van der Waals surface area contributed by atoms with E-state index in [0.717, 1.165) is 0 Å². The minimum Gasteiger partial charge on any atom is -0.505 e. The third-order valence-electron chi connectivity index (χ3n) is 4.39. The topological polar surface area (TPSA) is 91.5 Å². The Balaban J connectivity index is 1.64. The molecule has 0 spiro atoms. The second-order valence-corrected chi connectivity index (χ2v) is 5.84. The van der Waals surface area contributed by atoms with E-state index in [1.165, 1.54) is 12.3 Å². The second kappa shape index (κ2) is 6.37. The molecule has 0 aromatic carbocycles. The molecule has 23 heavy (non-hydrogen) atoms. The summed E-state index contributed by atoms with van der Waals surface area (Å²) in [5.74, 6) is 0.343. The van der Waals surface area contributed by atoms with Gasteiger partial charge in [0, 0.05) is 38.7 Å². The van der Waals surface area contributed by atoms with Crippen molar-refractivity contribution in [3.63, 3.8) is 0 Å². The molecule has 1 saturated heterocycles. The molecule has 7 nitrogen and oxygen atoms in total. The summed E-state index contributed by atoms with van der Waals surface area (Å²) in [5, 5.41) is 20.2. The molecule has 2 N–H and O–H groups in total. The number of nitrogens with zero attached hydrogens (tertiary/aromatic N) is 4. The molecular formula is C16H20N4O3. The second-order valence-electron chi connectivity index (χ2n) is 5.84. The van der Waals surface area contributed by atoms with Crippen molar-refractivity contribution in [2.45, 2.75) is 18.9 Å². The number of pyridine rings is 1. The number of rotatable bonds is 3. The number of hydrogen-bond donors (Lipinski definition) is 2. The number of carbonyl (C=O) groups is 1. The first-order valence-electron chi connectivity index (χ1n) is 7.66. The van der Waals surface area contributed by atoms with Crippen LogP contribution in [-0.4, -0.2) is 48.6 Å². The first-order valence-corrected chi connectivity index (χ1v) is 7.66. The predicted octanol–water partition coefficient (Wildman–Crippen LogP) is 1.11. The van der Waals surface area contributed by atoms with E-state index in [1.807, 2.05) is 11.6 Å². The van der Waals surface area contributed by atoms with Crippen LogP contribution in [0.3, 0.4) is 0 Å². The molecule has 0 aliphatic carbocycles. The molecule has 1 atom stereocenters. The van der Waals surface area contributed by atoms with Crippen LogP contribution in [0.25, 0.3) is 0 Å². The van der Waals surface area contributed by atoms with E-state index in [2.05, 4.69) is 9.97 Å². The number of hydrogen-bond acceptors (Lipinski definition) is 5. The maximum atomic E-state index is 12.4.